The Morgan fingerprint density at radius 1 is 1.12 bits per heavy atom. The van der Waals surface area contributed by atoms with Gasteiger partial charge in [0.2, 0.25) is 0 Å². The highest BCUT2D eigenvalue weighted by molar-refractivity contribution is 5.35. The van der Waals surface area contributed by atoms with Crippen LogP contribution in [0.3, 0.4) is 0 Å². The normalized spacial score (nSPS) is 14.8. The van der Waals surface area contributed by atoms with Crippen LogP contribution in [0.2, 0.25) is 0 Å². The number of hydrogen-bond donors (Lipinski definition) is 1. The summed E-state index contributed by atoms with van der Waals surface area (Å²) in [5.74, 6) is 0. The zero-order valence-corrected chi connectivity index (χ0v) is 10.2. The first kappa shape index (κ1) is 14.0. The molecule has 1 atom stereocenters. The van der Waals surface area contributed by atoms with Gasteiger partial charge in [-0.3, -0.25) is 0 Å². The molecule has 1 nitrogen and oxygen atoms in total. The van der Waals surface area contributed by atoms with E-state index in [1.165, 1.54) is 12.1 Å². The van der Waals surface area contributed by atoms with Gasteiger partial charge in [0.15, 0.2) is 0 Å². The van der Waals surface area contributed by atoms with Crippen molar-refractivity contribution in [1.82, 2.24) is 0 Å². The molecule has 1 rings (SSSR count). The second-order valence-corrected chi connectivity index (χ2v) is 4.98. The highest BCUT2D eigenvalue weighted by Gasteiger charge is 2.37. The fraction of sp³-hybridized carbons (Fsp3) is 0.538. The van der Waals surface area contributed by atoms with Gasteiger partial charge in [0.05, 0.1) is 11.7 Å². The fourth-order valence-electron chi connectivity index (χ4n) is 2.17. The number of aliphatic hydroxyl groups is 1. The van der Waals surface area contributed by atoms with Crippen molar-refractivity contribution in [2.75, 3.05) is 0 Å². The Kier molecular flexibility index (Phi) is 3.87. The lowest BCUT2D eigenvalue weighted by Gasteiger charge is -2.29. The minimum absolute atomic E-state index is 0.230. The minimum atomic E-state index is -4.35. The molecule has 0 aliphatic heterocycles. The van der Waals surface area contributed by atoms with Crippen LogP contribution in [0.1, 0.15) is 38.3 Å². The van der Waals surface area contributed by atoms with Gasteiger partial charge < -0.3 is 5.11 Å². The fourth-order valence-corrected chi connectivity index (χ4v) is 2.17. The Balaban J connectivity index is 3.22. The van der Waals surface area contributed by atoms with Gasteiger partial charge in [0.25, 0.3) is 0 Å². The summed E-state index contributed by atoms with van der Waals surface area (Å²) in [7, 11) is 0. The third-order valence-corrected chi connectivity index (χ3v) is 2.77. The summed E-state index contributed by atoms with van der Waals surface area (Å²) in [5, 5.41) is 9.36. The predicted octanol–water partition coefficient (Wildman–Crippen LogP) is 3.75. The van der Waals surface area contributed by atoms with Crippen LogP contribution in [0.4, 0.5) is 13.2 Å². The van der Waals surface area contributed by atoms with Gasteiger partial charge in [-0.2, -0.15) is 13.2 Å². The van der Waals surface area contributed by atoms with Crippen molar-refractivity contribution in [3.05, 3.63) is 35.4 Å². The molecular weight excluding hydrogens is 229 g/mol. The number of benzene rings is 1. The monoisotopic (exact) mass is 246 g/mol. The Hall–Kier alpha value is -1.03. The maximum atomic E-state index is 12.9. The number of rotatable bonds is 3. The molecule has 0 amide bonds. The first-order chi connectivity index (χ1) is 7.64. The molecule has 1 unspecified atom stereocenters. The van der Waals surface area contributed by atoms with Gasteiger partial charge in [-0.05, 0) is 30.4 Å². The Bertz CT molecular complexity index is 380. The molecule has 1 aromatic carbocycles. The van der Waals surface area contributed by atoms with Gasteiger partial charge in [-0.25, -0.2) is 0 Å². The van der Waals surface area contributed by atoms with Crippen LogP contribution in [-0.4, -0.2) is 11.2 Å². The van der Waals surface area contributed by atoms with Crippen LogP contribution < -0.4 is 0 Å². The van der Waals surface area contributed by atoms with Gasteiger partial charge in [0.1, 0.15) is 0 Å². The van der Waals surface area contributed by atoms with Gasteiger partial charge >= 0.3 is 6.18 Å². The van der Waals surface area contributed by atoms with Crippen LogP contribution in [0.5, 0.6) is 0 Å². The van der Waals surface area contributed by atoms with E-state index in [-0.39, 0.29) is 5.56 Å². The second-order valence-electron chi connectivity index (χ2n) is 4.98. The molecule has 0 spiro atoms. The lowest BCUT2D eigenvalue weighted by atomic mass is 9.77. The van der Waals surface area contributed by atoms with E-state index < -0.39 is 23.3 Å². The number of hydrogen-bond acceptors (Lipinski definition) is 1. The minimum Gasteiger partial charge on any atom is -0.393 e. The van der Waals surface area contributed by atoms with E-state index in [0.717, 1.165) is 6.07 Å². The van der Waals surface area contributed by atoms with Crippen molar-refractivity contribution < 1.29 is 18.3 Å². The second kappa shape index (κ2) is 4.69. The van der Waals surface area contributed by atoms with E-state index in [2.05, 4.69) is 0 Å². The van der Waals surface area contributed by atoms with E-state index in [4.69, 9.17) is 0 Å². The van der Waals surface area contributed by atoms with E-state index >= 15 is 0 Å². The lowest BCUT2D eigenvalue weighted by Crippen LogP contribution is -2.26. The molecule has 0 radical (unpaired) electrons. The van der Waals surface area contributed by atoms with Crippen molar-refractivity contribution in [3.8, 4) is 0 Å². The summed E-state index contributed by atoms with van der Waals surface area (Å²) in [5.41, 5.74) is -1.10. The van der Waals surface area contributed by atoms with Gasteiger partial charge in [0, 0.05) is 0 Å². The van der Waals surface area contributed by atoms with Crippen molar-refractivity contribution in [1.29, 1.82) is 0 Å². The summed E-state index contributed by atoms with van der Waals surface area (Å²) in [6.07, 6.45) is -4.70. The van der Waals surface area contributed by atoms with Crippen molar-refractivity contribution in [3.63, 3.8) is 0 Å². The van der Waals surface area contributed by atoms with Gasteiger partial charge in [-0.1, -0.05) is 32.0 Å². The molecule has 0 aromatic heterocycles. The summed E-state index contributed by atoms with van der Waals surface area (Å²) >= 11 is 0. The lowest BCUT2D eigenvalue weighted by molar-refractivity contribution is -0.138. The van der Waals surface area contributed by atoms with Crippen molar-refractivity contribution >= 4 is 0 Å². The Morgan fingerprint density at radius 3 is 2.00 bits per heavy atom. The quantitative estimate of drug-likeness (QED) is 0.861. The topological polar surface area (TPSA) is 20.2 Å². The Labute approximate surface area is 99.3 Å². The molecular formula is C13H17F3O. The maximum Gasteiger partial charge on any atom is 0.416 e. The average molecular weight is 246 g/mol. The molecule has 4 heteroatoms. The van der Waals surface area contributed by atoms with Crippen molar-refractivity contribution in [2.24, 2.45) is 0 Å². The SMILES string of the molecule is CC(O)CC(C)(C)c1ccccc1C(F)(F)F. The molecule has 0 aliphatic carbocycles. The Morgan fingerprint density at radius 2 is 1.59 bits per heavy atom. The molecule has 0 saturated heterocycles. The summed E-state index contributed by atoms with van der Waals surface area (Å²) < 4.78 is 38.6. The van der Waals surface area contributed by atoms with Crippen LogP contribution in [0.15, 0.2) is 24.3 Å². The molecule has 0 aliphatic rings. The summed E-state index contributed by atoms with van der Waals surface area (Å²) in [6, 6.07) is 5.53. The predicted molar refractivity (Wildman–Crippen MR) is 60.8 cm³/mol. The molecule has 17 heavy (non-hydrogen) atoms. The highest BCUT2D eigenvalue weighted by Crippen LogP contribution is 2.39. The van der Waals surface area contributed by atoms with Crippen LogP contribution in [-0.2, 0) is 11.6 Å². The van der Waals surface area contributed by atoms with Crippen molar-refractivity contribution in [2.45, 2.75) is 44.9 Å². The van der Waals surface area contributed by atoms with E-state index in [1.807, 2.05) is 0 Å². The van der Waals surface area contributed by atoms with Crippen LogP contribution in [0.25, 0.3) is 0 Å². The summed E-state index contributed by atoms with van der Waals surface area (Å²) in [4.78, 5) is 0. The molecule has 0 fully saturated rings. The van der Waals surface area contributed by atoms with E-state index in [9.17, 15) is 18.3 Å². The molecule has 96 valence electrons. The molecule has 1 aromatic rings. The number of alkyl halides is 3. The maximum absolute atomic E-state index is 12.9. The molecule has 1 N–H and O–H groups in total. The zero-order chi connectivity index (χ0) is 13.3. The first-order valence-corrected chi connectivity index (χ1v) is 5.49. The summed E-state index contributed by atoms with van der Waals surface area (Å²) in [6.45, 7) is 5.01. The third kappa shape index (κ3) is 3.46. The van der Waals surface area contributed by atoms with Crippen LogP contribution in [0, 0.1) is 0 Å². The largest absolute Gasteiger partial charge is 0.416 e. The number of halogens is 3. The molecule has 0 bridgehead atoms. The van der Waals surface area contributed by atoms with E-state index in [1.54, 1.807) is 26.8 Å². The number of aliphatic hydroxyl groups excluding tert-OH is 1. The van der Waals surface area contributed by atoms with E-state index in [0.29, 0.717) is 6.42 Å². The third-order valence-electron chi connectivity index (χ3n) is 2.77. The first-order valence-electron chi connectivity index (χ1n) is 5.49. The smallest absolute Gasteiger partial charge is 0.393 e. The molecule has 0 heterocycles. The zero-order valence-electron chi connectivity index (χ0n) is 10.2. The average Bonchev–Trinajstić information content (AvgIpc) is 2.14. The molecule has 0 saturated carbocycles. The standard InChI is InChI=1S/C13H17F3O/c1-9(17)8-12(2,3)10-6-4-5-7-11(10)13(14,15)16/h4-7,9,17H,8H2,1-3H3. The van der Waals surface area contributed by atoms with Crippen LogP contribution >= 0.6 is 0 Å². The van der Waals surface area contributed by atoms with Gasteiger partial charge in [-0.15, -0.1) is 0 Å². The highest BCUT2D eigenvalue weighted by atomic mass is 19.4.